The molecule has 0 bridgehead atoms. The number of ether oxygens (including phenoxy) is 2. The highest BCUT2D eigenvalue weighted by molar-refractivity contribution is 5.70. The molecule has 322 valence electrons. The van der Waals surface area contributed by atoms with E-state index in [0.29, 0.717) is 12.8 Å². The molecular formula is C53H80O5. The minimum absolute atomic E-state index is 0.108. The molecule has 5 heteroatoms. The van der Waals surface area contributed by atoms with Crippen LogP contribution in [0.3, 0.4) is 0 Å². The van der Waals surface area contributed by atoms with Crippen molar-refractivity contribution in [3.05, 3.63) is 146 Å². The van der Waals surface area contributed by atoms with Gasteiger partial charge in [0.2, 0.25) is 0 Å². The summed E-state index contributed by atoms with van der Waals surface area (Å²) in [5.74, 6) is -0.684. The first-order valence-corrected chi connectivity index (χ1v) is 22.4. The third kappa shape index (κ3) is 44.5. The van der Waals surface area contributed by atoms with Gasteiger partial charge in [-0.2, -0.15) is 0 Å². The smallest absolute Gasteiger partial charge is 0.306 e. The van der Waals surface area contributed by atoms with Crippen LogP contribution in [-0.2, 0) is 19.1 Å². The molecule has 0 aliphatic rings. The molecule has 0 aromatic rings. The molecule has 1 unspecified atom stereocenters. The van der Waals surface area contributed by atoms with E-state index in [0.717, 1.165) is 128 Å². The zero-order valence-electron chi connectivity index (χ0n) is 36.5. The van der Waals surface area contributed by atoms with Crippen molar-refractivity contribution < 1.29 is 24.2 Å². The van der Waals surface area contributed by atoms with Crippen molar-refractivity contribution in [2.75, 3.05) is 13.2 Å². The quantitative estimate of drug-likeness (QED) is 0.0383. The van der Waals surface area contributed by atoms with Crippen LogP contribution in [0, 0.1) is 0 Å². The van der Waals surface area contributed by atoms with Gasteiger partial charge in [0.1, 0.15) is 6.61 Å². The maximum Gasteiger partial charge on any atom is 0.306 e. The van der Waals surface area contributed by atoms with Crippen LogP contribution in [0.15, 0.2) is 146 Å². The van der Waals surface area contributed by atoms with Gasteiger partial charge in [-0.05, 0) is 116 Å². The van der Waals surface area contributed by atoms with Gasteiger partial charge in [-0.25, -0.2) is 0 Å². The van der Waals surface area contributed by atoms with Gasteiger partial charge in [0.25, 0.3) is 0 Å². The maximum absolute atomic E-state index is 12.2. The number of aliphatic hydroxyl groups excluding tert-OH is 1. The van der Waals surface area contributed by atoms with Crippen LogP contribution in [0.25, 0.3) is 0 Å². The van der Waals surface area contributed by atoms with E-state index in [2.05, 4.69) is 160 Å². The lowest BCUT2D eigenvalue weighted by Gasteiger charge is -2.15. The summed E-state index contributed by atoms with van der Waals surface area (Å²) in [5, 5.41) is 9.59. The topological polar surface area (TPSA) is 72.8 Å². The molecule has 0 fully saturated rings. The molecule has 0 aliphatic heterocycles. The summed E-state index contributed by atoms with van der Waals surface area (Å²) in [7, 11) is 0. The van der Waals surface area contributed by atoms with Crippen LogP contribution in [0.5, 0.6) is 0 Å². The number of hydrogen-bond acceptors (Lipinski definition) is 5. The average Bonchev–Trinajstić information content (AvgIpc) is 3.23. The predicted octanol–water partition coefficient (Wildman–Crippen LogP) is 14.7. The standard InChI is InChI=1S/C53H80O5/c1-3-5-7-9-11-13-15-17-19-21-23-24-25-26-27-28-30-32-34-36-38-40-42-44-46-48-53(56)58-51(49-54)50-57-52(55)47-45-43-41-39-37-35-33-31-29-22-20-18-16-14-12-10-8-6-4-2/h5-8,11-14,17-20,23-24,26-27,29-32,35-38,51,54H,3-4,9-10,15-16,21-22,25,28,33-34,39-50H2,1-2H3/b7-5-,8-6-,13-11-,14-12-,19-17-,20-18-,24-23-,27-26-,31-29-,32-30-,37-35-,38-36-. The second-order valence-electron chi connectivity index (χ2n) is 14.0. The van der Waals surface area contributed by atoms with E-state index in [9.17, 15) is 14.7 Å². The van der Waals surface area contributed by atoms with Gasteiger partial charge in [-0.1, -0.05) is 173 Å². The number of allylic oxidation sites excluding steroid dienone is 24. The average molecular weight is 797 g/mol. The van der Waals surface area contributed by atoms with Crippen LogP contribution in [0.4, 0.5) is 0 Å². The van der Waals surface area contributed by atoms with E-state index in [1.54, 1.807) is 0 Å². The number of hydrogen-bond donors (Lipinski definition) is 1. The summed E-state index contributed by atoms with van der Waals surface area (Å²) in [6.07, 6.45) is 72.0. The van der Waals surface area contributed by atoms with Crippen molar-refractivity contribution in [3.8, 4) is 0 Å². The molecular weight excluding hydrogens is 717 g/mol. The van der Waals surface area contributed by atoms with Crippen LogP contribution >= 0.6 is 0 Å². The number of carbonyl (C=O) groups excluding carboxylic acids is 2. The summed E-state index contributed by atoms with van der Waals surface area (Å²) in [6.45, 7) is 3.83. The largest absolute Gasteiger partial charge is 0.462 e. The second-order valence-corrected chi connectivity index (χ2v) is 14.0. The molecule has 0 heterocycles. The van der Waals surface area contributed by atoms with Crippen molar-refractivity contribution in [2.24, 2.45) is 0 Å². The molecule has 5 nitrogen and oxygen atoms in total. The molecule has 0 radical (unpaired) electrons. The first-order chi connectivity index (χ1) is 28.6. The van der Waals surface area contributed by atoms with Crippen molar-refractivity contribution in [1.82, 2.24) is 0 Å². The zero-order valence-corrected chi connectivity index (χ0v) is 36.5. The van der Waals surface area contributed by atoms with E-state index in [1.165, 1.54) is 0 Å². The van der Waals surface area contributed by atoms with E-state index in [4.69, 9.17) is 9.47 Å². The van der Waals surface area contributed by atoms with Gasteiger partial charge in [-0.15, -0.1) is 0 Å². The van der Waals surface area contributed by atoms with Crippen LogP contribution < -0.4 is 0 Å². The van der Waals surface area contributed by atoms with E-state index >= 15 is 0 Å². The predicted molar refractivity (Wildman–Crippen MR) is 251 cm³/mol. The summed E-state index contributed by atoms with van der Waals surface area (Å²) in [4.78, 5) is 24.4. The Hall–Kier alpha value is -4.22. The molecule has 0 aromatic carbocycles. The Morgan fingerprint density at radius 3 is 1.00 bits per heavy atom. The number of esters is 2. The SMILES string of the molecule is CC/C=C\C/C=C\C/C=C\C/C=C\C/C=C\C/C=C\C/C=C\CCCCCC(=O)OC(CO)COC(=O)CCCCC/C=C\C/C=C\C/C=C\C/C=C\C/C=C\CC. The monoisotopic (exact) mass is 797 g/mol. The Balaban J connectivity index is 3.75. The lowest BCUT2D eigenvalue weighted by Crippen LogP contribution is -2.28. The van der Waals surface area contributed by atoms with Crippen LogP contribution in [0.1, 0.15) is 155 Å². The first-order valence-electron chi connectivity index (χ1n) is 22.4. The Kier molecular flexibility index (Phi) is 43.7. The van der Waals surface area contributed by atoms with Crippen LogP contribution in [-0.4, -0.2) is 36.4 Å². The minimum atomic E-state index is -0.816. The highest BCUT2D eigenvalue weighted by atomic mass is 16.6. The normalized spacial score (nSPS) is 13.6. The molecule has 0 aliphatic carbocycles. The molecule has 0 amide bonds. The lowest BCUT2D eigenvalue weighted by molar-refractivity contribution is -0.161. The van der Waals surface area contributed by atoms with Gasteiger partial charge in [0.15, 0.2) is 6.10 Å². The van der Waals surface area contributed by atoms with Gasteiger partial charge in [-0.3, -0.25) is 9.59 Å². The molecule has 1 N–H and O–H groups in total. The van der Waals surface area contributed by atoms with Gasteiger partial charge < -0.3 is 14.6 Å². The van der Waals surface area contributed by atoms with Crippen molar-refractivity contribution in [1.29, 1.82) is 0 Å². The molecule has 1 atom stereocenters. The first kappa shape index (κ1) is 53.8. The number of unbranched alkanes of at least 4 members (excludes halogenated alkanes) is 6. The van der Waals surface area contributed by atoms with E-state index in [-0.39, 0.29) is 25.2 Å². The third-order valence-electron chi connectivity index (χ3n) is 8.63. The molecule has 0 saturated carbocycles. The molecule has 58 heavy (non-hydrogen) atoms. The second kappa shape index (κ2) is 47.2. The molecule has 0 aromatic heterocycles. The summed E-state index contributed by atoms with van der Waals surface area (Å²) in [6, 6.07) is 0. The van der Waals surface area contributed by atoms with Gasteiger partial charge in [0.05, 0.1) is 6.61 Å². The van der Waals surface area contributed by atoms with Crippen molar-refractivity contribution >= 4 is 11.9 Å². The molecule has 0 spiro atoms. The fourth-order valence-corrected chi connectivity index (χ4v) is 5.32. The Morgan fingerprint density at radius 2 is 0.690 bits per heavy atom. The Morgan fingerprint density at radius 1 is 0.397 bits per heavy atom. The van der Waals surface area contributed by atoms with Gasteiger partial charge in [0, 0.05) is 12.8 Å². The third-order valence-corrected chi connectivity index (χ3v) is 8.63. The molecule has 0 rings (SSSR count). The fraction of sp³-hybridized carbons (Fsp3) is 0.509. The summed E-state index contributed by atoms with van der Waals surface area (Å²) >= 11 is 0. The minimum Gasteiger partial charge on any atom is -0.462 e. The van der Waals surface area contributed by atoms with Crippen molar-refractivity contribution in [2.45, 2.75) is 161 Å². The van der Waals surface area contributed by atoms with Gasteiger partial charge >= 0.3 is 11.9 Å². The maximum atomic E-state index is 12.2. The zero-order chi connectivity index (χ0) is 42.1. The highest BCUT2D eigenvalue weighted by Gasteiger charge is 2.16. The highest BCUT2D eigenvalue weighted by Crippen LogP contribution is 2.09. The van der Waals surface area contributed by atoms with Crippen LogP contribution in [0.2, 0.25) is 0 Å². The number of carbonyl (C=O) groups is 2. The van der Waals surface area contributed by atoms with E-state index < -0.39 is 6.10 Å². The Bertz CT molecular complexity index is 1310. The molecule has 0 saturated heterocycles. The lowest BCUT2D eigenvalue weighted by atomic mass is 10.1. The van der Waals surface area contributed by atoms with E-state index in [1.807, 2.05) is 0 Å². The van der Waals surface area contributed by atoms with Crippen molar-refractivity contribution in [3.63, 3.8) is 0 Å². The summed E-state index contributed by atoms with van der Waals surface area (Å²) < 4.78 is 10.6. The Labute approximate surface area is 355 Å². The number of aliphatic hydroxyl groups is 1. The number of rotatable bonds is 38. The fourth-order valence-electron chi connectivity index (χ4n) is 5.32. The summed E-state index contributed by atoms with van der Waals surface area (Å²) in [5.41, 5.74) is 0.